The molecule has 1 heterocycles. The Hall–Kier alpha value is -1.38. The second-order valence-corrected chi connectivity index (χ2v) is 2.30. The standard InChI is InChI=1S/C8H8O3/c1-6(10)4-7-2-3-8(5-9)11-7/h2-3,5H,4H2,1H3. The Morgan fingerprint density at radius 2 is 2.36 bits per heavy atom. The van der Waals surface area contributed by atoms with E-state index >= 15 is 0 Å². The summed E-state index contributed by atoms with van der Waals surface area (Å²) in [5.74, 6) is 0.831. The lowest BCUT2D eigenvalue weighted by Gasteiger charge is -1.87. The fourth-order valence-electron chi connectivity index (χ4n) is 0.798. The molecule has 58 valence electrons. The van der Waals surface area contributed by atoms with E-state index in [0.29, 0.717) is 12.0 Å². The molecule has 0 unspecified atom stereocenters. The highest BCUT2D eigenvalue weighted by atomic mass is 16.3. The smallest absolute Gasteiger partial charge is 0.185 e. The average molecular weight is 152 g/mol. The molecule has 0 radical (unpaired) electrons. The van der Waals surface area contributed by atoms with Crippen LogP contribution in [0.25, 0.3) is 0 Å². The van der Waals surface area contributed by atoms with Gasteiger partial charge in [0, 0.05) is 0 Å². The van der Waals surface area contributed by atoms with Crippen molar-refractivity contribution in [3.05, 3.63) is 23.7 Å². The first kappa shape index (κ1) is 7.72. The van der Waals surface area contributed by atoms with Gasteiger partial charge in [0.15, 0.2) is 12.0 Å². The first-order valence-electron chi connectivity index (χ1n) is 3.25. The molecule has 1 aromatic rings. The number of hydrogen-bond acceptors (Lipinski definition) is 3. The Kier molecular flexibility index (Phi) is 2.21. The molecule has 0 aromatic carbocycles. The van der Waals surface area contributed by atoms with Crippen LogP contribution in [0.5, 0.6) is 0 Å². The quantitative estimate of drug-likeness (QED) is 0.612. The first-order valence-corrected chi connectivity index (χ1v) is 3.25. The second-order valence-electron chi connectivity index (χ2n) is 2.30. The molecule has 0 saturated heterocycles. The first-order chi connectivity index (χ1) is 5.22. The molecule has 0 aliphatic carbocycles. The summed E-state index contributed by atoms with van der Waals surface area (Å²) in [5.41, 5.74) is 0. The van der Waals surface area contributed by atoms with Gasteiger partial charge in [-0.2, -0.15) is 0 Å². The molecule has 0 aliphatic rings. The molecular weight excluding hydrogens is 144 g/mol. The summed E-state index contributed by atoms with van der Waals surface area (Å²) in [5, 5.41) is 0. The topological polar surface area (TPSA) is 47.3 Å². The number of furan rings is 1. The van der Waals surface area contributed by atoms with Gasteiger partial charge in [0.25, 0.3) is 0 Å². The highest BCUT2D eigenvalue weighted by Gasteiger charge is 2.02. The third-order valence-corrected chi connectivity index (χ3v) is 1.22. The maximum absolute atomic E-state index is 10.6. The van der Waals surface area contributed by atoms with Crippen LogP contribution in [0.2, 0.25) is 0 Å². The van der Waals surface area contributed by atoms with E-state index in [4.69, 9.17) is 4.42 Å². The molecule has 0 N–H and O–H groups in total. The Balaban J connectivity index is 2.72. The van der Waals surface area contributed by atoms with Crippen molar-refractivity contribution in [3.63, 3.8) is 0 Å². The van der Waals surface area contributed by atoms with Crippen LogP contribution in [0.3, 0.4) is 0 Å². The van der Waals surface area contributed by atoms with Gasteiger partial charge in [-0.25, -0.2) is 0 Å². The van der Waals surface area contributed by atoms with E-state index in [1.54, 1.807) is 12.1 Å². The van der Waals surface area contributed by atoms with Crippen LogP contribution in [0.15, 0.2) is 16.5 Å². The Morgan fingerprint density at radius 1 is 1.64 bits per heavy atom. The van der Waals surface area contributed by atoms with Crippen LogP contribution in [0.1, 0.15) is 23.2 Å². The van der Waals surface area contributed by atoms with E-state index in [1.165, 1.54) is 6.92 Å². The largest absolute Gasteiger partial charge is 0.458 e. The molecule has 1 rings (SSSR count). The van der Waals surface area contributed by atoms with Crippen molar-refractivity contribution < 1.29 is 14.0 Å². The third kappa shape index (κ3) is 2.04. The number of aldehydes is 1. The molecule has 3 nitrogen and oxygen atoms in total. The monoisotopic (exact) mass is 152 g/mol. The molecule has 0 atom stereocenters. The third-order valence-electron chi connectivity index (χ3n) is 1.22. The normalized spacial score (nSPS) is 9.55. The lowest BCUT2D eigenvalue weighted by atomic mass is 10.2. The number of carbonyl (C=O) groups excluding carboxylic acids is 2. The van der Waals surface area contributed by atoms with Crippen LogP contribution in [0.4, 0.5) is 0 Å². The molecule has 0 amide bonds. The maximum Gasteiger partial charge on any atom is 0.185 e. The lowest BCUT2D eigenvalue weighted by molar-refractivity contribution is -0.116. The van der Waals surface area contributed by atoms with Gasteiger partial charge in [-0.1, -0.05) is 0 Å². The van der Waals surface area contributed by atoms with Gasteiger partial charge in [0.1, 0.15) is 11.5 Å². The summed E-state index contributed by atoms with van der Waals surface area (Å²) in [6, 6.07) is 3.18. The number of rotatable bonds is 3. The van der Waals surface area contributed by atoms with E-state index in [-0.39, 0.29) is 18.0 Å². The summed E-state index contributed by atoms with van der Waals surface area (Å²) in [4.78, 5) is 20.7. The van der Waals surface area contributed by atoms with Gasteiger partial charge in [-0.05, 0) is 19.1 Å². The summed E-state index contributed by atoms with van der Waals surface area (Å²) in [6.07, 6.45) is 0.872. The molecule has 1 aromatic heterocycles. The zero-order valence-electron chi connectivity index (χ0n) is 6.16. The van der Waals surface area contributed by atoms with Crippen molar-refractivity contribution >= 4 is 12.1 Å². The van der Waals surface area contributed by atoms with E-state index < -0.39 is 0 Å². The van der Waals surface area contributed by atoms with E-state index in [1.807, 2.05) is 0 Å². The fraction of sp³-hybridized carbons (Fsp3) is 0.250. The number of hydrogen-bond donors (Lipinski definition) is 0. The summed E-state index contributed by atoms with van der Waals surface area (Å²) in [7, 11) is 0. The lowest BCUT2D eigenvalue weighted by Crippen LogP contribution is -1.93. The van der Waals surface area contributed by atoms with Crippen LogP contribution in [-0.4, -0.2) is 12.1 Å². The number of carbonyl (C=O) groups is 2. The minimum atomic E-state index is 0.0248. The Bertz CT molecular complexity index is 273. The van der Waals surface area contributed by atoms with Crippen molar-refractivity contribution in [2.45, 2.75) is 13.3 Å². The SMILES string of the molecule is CC(=O)Cc1ccc(C=O)o1. The summed E-state index contributed by atoms with van der Waals surface area (Å²) >= 11 is 0. The Labute approximate surface area is 64.0 Å². The van der Waals surface area contributed by atoms with Crippen molar-refractivity contribution in [1.82, 2.24) is 0 Å². The van der Waals surface area contributed by atoms with Crippen LogP contribution in [-0.2, 0) is 11.2 Å². The molecular formula is C8H8O3. The van der Waals surface area contributed by atoms with Crippen molar-refractivity contribution in [2.75, 3.05) is 0 Å². The minimum absolute atomic E-state index is 0.0248. The van der Waals surface area contributed by atoms with Gasteiger partial charge in [0.05, 0.1) is 6.42 Å². The van der Waals surface area contributed by atoms with E-state index in [2.05, 4.69) is 0 Å². The molecule has 0 spiro atoms. The fourth-order valence-corrected chi connectivity index (χ4v) is 0.798. The highest BCUT2D eigenvalue weighted by molar-refractivity contribution is 5.78. The number of Topliss-reactive ketones (excluding diaryl/α,β-unsaturated/α-hetero) is 1. The molecule has 11 heavy (non-hydrogen) atoms. The van der Waals surface area contributed by atoms with Gasteiger partial charge < -0.3 is 4.42 Å². The molecule has 0 aliphatic heterocycles. The zero-order valence-corrected chi connectivity index (χ0v) is 6.16. The molecule has 0 bridgehead atoms. The van der Waals surface area contributed by atoms with E-state index in [9.17, 15) is 9.59 Å². The molecule has 3 heteroatoms. The predicted octanol–water partition coefficient (Wildman–Crippen LogP) is 1.22. The van der Waals surface area contributed by atoms with Crippen molar-refractivity contribution in [3.8, 4) is 0 Å². The van der Waals surface area contributed by atoms with Gasteiger partial charge >= 0.3 is 0 Å². The van der Waals surface area contributed by atoms with Gasteiger partial charge in [-0.3, -0.25) is 9.59 Å². The van der Waals surface area contributed by atoms with Crippen LogP contribution < -0.4 is 0 Å². The summed E-state index contributed by atoms with van der Waals surface area (Å²) < 4.78 is 4.95. The maximum atomic E-state index is 10.6. The van der Waals surface area contributed by atoms with E-state index in [0.717, 1.165) is 0 Å². The van der Waals surface area contributed by atoms with Gasteiger partial charge in [0.2, 0.25) is 0 Å². The van der Waals surface area contributed by atoms with Crippen LogP contribution >= 0.6 is 0 Å². The highest BCUT2D eigenvalue weighted by Crippen LogP contribution is 2.06. The van der Waals surface area contributed by atoms with Crippen LogP contribution in [0, 0.1) is 0 Å². The van der Waals surface area contributed by atoms with Crippen molar-refractivity contribution in [2.24, 2.45) is 0 Å². The zero-order chi connectivity index (χ0) is 8.27. The Morgan fingerprint density at radius 3 is 2.82 bits per heavy atom. The minimum Gasteiger partial charge on any atom is -0.458 e. The second kappa shape index (κ2) is 3.14. The average Bonchev–Trinajstić information content (AvgIpc) is 2.34. The summed E-state index contributed by atoms with van der Waals surface area (Å²) in [6.45, 7) is 1.48. The predicted molar refractivity (Wildman–Crippen MR) is 38.5 cm³/mol. The number of ketones is 1. The molecule has 0 fully saturated rings. The van der Waals surface area contributed by atoms with Crippen molar-refractivity contribution in [1.29, 1.82) is 0 Å². The molecule has 0 saturated carbocycles. The van der Waals surface area contributed by atoms with Gasteiger partial charge in [-0.15, -0.1) is 0 Å².